The summed E-state index contributed by atoms with van der Waals surface area (Å²) in [4.78, 5) is 38.0. The number of rotatable bonds is 2. The van der Waals surface area contributed by atoms with Crippen LogP contribution in [-0.2, 0) is 14.1 Å². The maximum absolute atomic E-state index is 12.8. The summed E-state index contributed by atoms with van der Waals surface area (Å²) in [5.41, 5.74) is 3.42. The van der Waals surface area contributed by atoms with Gasteiger partial charge in [0.05, 0.1) is 22.1 Å². The Bertz CT molecular complexity index is 1530. The van der Waals surface area contributed by atoms with Crippen LogP contribution >= 0.6 is 15.9 Å². The maximum atomic E-state index is 12.8. The number of nitrogens with zero attached hydrogens (tertiary/aromatic N) is 4. The average molecular weight is 462 g/mol. The first-order chi connectivity index (χ1) is 14.4. The molecule has 0 spiro atoms. The minimum atomic E-state index is -0.418. The lowest BCUT2D eigenvalue weighted by atomic mass is 10.0. The monoisotopic (exact) mass is 461 g/mol. The number of fused-ring (bicyclic) bond motifs is 2. The highest BCUT2D eigenvalue weighted by Crippen LogP contribution is 2.32. The molecule has 3 heterocycles. The van der Waals surface area contributed by atoms with Crippen LogP contribution < -0.4 is 11.2 Å². The van der Waals surface area contributed by atoms with Crippen LogP contribution in [0.15, 0.2) is 68.7 Å². The third-order valence-electron chi connectivity index (χ3n) is 5.19. The molecule has 0 radical (unpaired) electrons. The van der Waals surface area contributed by atoms with E-state index >= 15 is 0 Å². The van der Waals surface area contributed by atoms with Gasteiger partial charge in [-0.2, -0.15) is 0 Å². The van der Waals surface area contributed by atoms with E-state index in [-0.39, 0.29) is 5.56 Å². The Hall–Kier alpha value is -3.52. The van der Waals surface area contributed by atoms with E-state index in [1.54, 1.807) is 13.1 Å². The number of aryl methyl sites for hydroxylation is 1. The fourth-order valence-electron chi connectivity index (χ4n) is 3.59. The molecule has 0 aliphatic rings. The number of aromatic amines is 1. The van der Waals surface area contributed by atoms with Gasteiger partial charge in [0.2, 0.25) is 0 Å². The van der Waals surface area contributed by atoms with Crippen molar-refractivity contribution in [2.24, 2.45) is 14.1 Å². The molecule has 0 atom stereocenters. The van der Waals surface area contributed by atoms with Crippen molar-refractivity contribution in [3.63, 3.8) is 0 Å². The van der Waals surface area contributed by atoms with E-state index in [4.69, 9.17) is 9.97 Å². The summed E-state index contributed by atoms with van der Waals surface area (Å²) in [7, 11) is 3.08. The average Bonchev–Trinajstić information content (AvgIpc) is 3.20. The van der Waals surface area contributed by atoms with Crippen molar-refractivity contribution in [2.75, 3.05) is 0 Å². The molecule has 5 rings (SSSR count). The third kappa shape index (κ3) is 2.80. The zero-order valence-corrected chi connectivity index (χ0v) is 17.8. The van der Waals surface area contributed by atoms with E-state index in [0.29, 0.717) is 28.1 Å². The number of para-hydroxylation sites is 2. The number of pyridine rings is 1. The standard InChI is InChI=1S/C22H16BrN5O2/c1-27-20-15(21(29)28(2)22(27)30)11-14(18(26-20)12-7-9-13(23)10-8-12)19-24-16-5-3-4-6-17(16)25-19/h3-11H,1-2H3,(H,24,25). The van der Waals surface area contributed by atoms with Gasteiger partial charge in [-0.3, -0.25) is 13.9 Å². The summed E-state index contributed by atoms with van der Waals surface area (Å²) in [5.74, 6) is 0.611. The summed E-state index contributed by atoms with van der Waals surface area (Å²) in [6, 6.07) is 17.2. The van der Waals surface area contributed by atoms with Crippen LogP contribution in [0.5, 0.6) is 0 Å². The molecule has 0 aliphatic carbocycles. The second-order valence-corrected chi connectivity index (χ2v) is 7.99. The molecule has 30 heavy (non-hydrogen) atoms. The number of halogens is 1. The molecule has 3 aromatic heterocycles. The smallest absolute Gasteiger partial charge is 0.332 e. The van der Waals surface area contributed by atoms with E-state index < -0.39 is 5.69 Å². The van der Waals surface area contributed by atoms with Gasteiger partial charge in [0.15, 0.2) is 0 Å². The van der Waals surface area contributed by atoms with Gasteiger partial charge in [-0.1, -0.05) is 40.2 Å². The van der Waals surface area contributed by atoms with Gasteiger partial charge in [-0.15, -0.1) is 0 Å². The molecule has 0 saturated heterocycles. The molecule has 5 aromatic rings. The third-order valence-corrected chi connectivity index (χ3v) is 5.72. The quantitative estimate of drug-likeness (QED) is 0.435. The highest BCUT2D eigenvalue weighted by Gasteiger charge is 2.18. The Morgan fingerprint density at radius 2 is 1.67 bits per heavy atom. The summed E-state index contributed by atoms with van der Waals surface area (Å²) in [5, 5.41) is 0.357. The molecule has 0 fully saturated rings. The fourth-order valence-corrected chi connectivity index (χ4v) is 3.85. The van der Waals surface area contributed by atoms with Crippen LogP contribution in [-0.4, -0.2) is 24.1 Å². The van der Waals surface area contributed by atoms with Crippen LogP contribution in [0.1, 0.15) is 0 Å². The molecule has 8 heteroatoms. The van der Waals surface area contributed by atoms with Crippen molar-refractivity contribution in [1.29, 1.82) is 0 Å². The minimum Gasteiger partial charge on any atom is -0.338 e. The second-order valence-electron chi connectivity index (χ2n) is 7.07. The Morgan fingerprint density at radius 1 is 0.933 bits per heavy atom. The van der Waals surface area contributed by atoms with Crippen LogP contribution in [0.3, 0.4) is 0 Å². The lowest BCUT2D eigenvalue weighted by Crippen LogP contribution is -2.37. The van der Waals surface area contributed by atoms with Gasteiger partial charge >= 0.3 is 5.69 Å². The number of nitrogens with one attached hydrogen (secondary N) is 1. The minimum absolute atomic E-state index is 0.334. The SMILES string of the molecule is Cn1c(=O)c2cc(-c3nc4ccccc4[nH]3)c(-c3ccc(Br)cc3)nc2n(C)c1=O. The van der Waals surface area contributed by atoms with Crippen LogP contribution in [0.2, 0.25) is 0 Å². The summed E-state index contributed by atoms with van der Waals surface area (Å²) >= 11 is 3.45. The topological polar surface area (TPSA) is 85.6 Å². The van der Waals surface area contributed by atoms with E-state index in [9.17, 15) is 9.59 Å². The molecule has 0 unspecified atom stereocenters. The zero-order chi connectivity index (χ0) is 21.0. The van der Waals surface area contributed by atoms with E-state index in [1.807, 2.05) is 48.5 Å². The predicted octanol–water partition coefficient (Wildman–Crippen LogP) is 3.61. The van der Waals surface area contributed by atoms with Gasteiger partial charge < -0.3 is 4.98 Å². The van der Waals surface area contributed by atoms with Gasteiger partial charge in [-0.05, 0) is 30.3 Å². The molecular formula is C22H16BrN5O2. The lowest BCUT2D eigenvalue weighted by molar-refractivity contribution is 0.708. The number of benzene rings is 2. The van der Waals surface area contributed by atoms with Gasteiger partial charge in [0.25, 0.3) is 5.56 Å². The second kappa shape index (κ2) is 6.77. The van der Waals surface area contributed by atoms with Crippen molar-refractivity contribution >= 4 is 38.0 Å². The molecule has 0 amide bonds. The summed E-state index contributed by atoms with van der Waals surface area (Å²) < 4.78 is 3.42. The molecule has 0 bridgehead atoms. The van der Waals surface area contributed by atoms with Crippen LogP contribution in [0.25, 0.3) is 44.7 Å². The number of hydrogen-bond donors (Lipinski definition) is 1. The Balaban J connectivity index is 1.91. The van der Waals surface area contributed by atoms with Crippen molar-refractivity contribution in [1.82, 2.24) is 24.1 Å². The molecule has 0 aliphatic heterocycles. The molecular weight excluding hydrogens is 446 g/mol. The van der Waals surface area contributed by atoms with Crippen LogP contribution in [0, 0.1) is 0 Å². The van der Waals surface area contributed by atoms with E-state index in [0.717, 1.165) is 25.6 Å². The lowest BCUT2D eigenvalue weighted by Gasteiger charge is -2.12. The normalized spacial score (nSPS) is 11.4. The maximum Gasteiger partial charge on any atom is 0.332 e. The van der Waals surface area contributed by atoms with Gasteiger partial charge in [0, 0.05) is 29.7 Å². The molecule has 0 saturated carbocycles. The molecule has 7 nitrogen and oxygen atoms in total. The molecule has 2 aromatic carbocycles. The zero-order valence-electron chi connectivity index (χ0n) is 16.2. The van der Waals surface area contributed by atoms with Gasteiger partial charge in [-0.25, -0.2) is 14.8 Å². The van der Waals surface area contributed by atoms with E-state index in [1.165, 1.54) is 11.6 Å². The fraction of sp³-hybridized carbons (Fsp3) is 0.0909. The predicted molar refractivity (Wildman–Crippen MR) is 120 cm³/mol. The Morgan fingerprint density at radius 3 is 2.40 bits per heavy atom. The molecule has 148 valence electrons. The summed E-state index contributed by atoms with van der Waals surface area (Å²) in [6.45, 7) is 0. The molecule has 1 N–H and O–H groups in total. The number of imidazole rings is 1. The number of aromatic nitrogens is 5. The number of H-pyrrole nitrogens is 1. The van der Waals surface area contributed by atoms with Crippen molar-refractivity contribution in [3.05, 3.63) is 79.9 Å². The highest BCUT2D eigenvalue weighted by molar-refractivity contribution is 9.10. The van der Waals surface area contributed by atoms with Crippen molar-refractivity contribution in [2.45, 2.75) is 0 Å². The number of hydrogen-bond acceptors (Lipinski definition) is 4. The van der Waals surface area contributed by atoms with Crippen molar-refractivity contribution < 1.29 is 0 Å². The first-order valence-corrected chi connectivity index (χ1v) is 10.0. The summed E-state index contributed by atoms with van der Waals surface area (Å²) in [6.07, 6.45) is 0. The Kier molecular flexibility index (Phi) is 4.18. The van der Waals surface area contributed by atoms with Gasteiger partial charge in [0.1, 0.15) is 11.5 Å². The Labute approximate surface area is 178 Å². The highest BCUT2D eigenvalue weighted by atomic mass is 79.9. The van der Waals surface area contributed by atoms with Crippen LogP contribution in [0.4, 0.5) is 0 Å². The first-order valence-electron chi connectivity index (χ1n) is 9.26. The first kappa shape index (κ1) is 18.5. The van der Waals surface area contributed by atoms with E-state index in [2.05, 4.69) is 20.9 Å². The largest absolute Gasteiger partial charge is 0.338 e. The van der Waals surface area contributed by atoms with Crippen molar-refractivity contribution in [3.8, 4) is 22.6 Å².